The molecule has 0 radical (unpaired) electrons. The molecule has 1 unspecified atom stereocenters. The number of benzene rings is 2. The van der Waals surface area contributed by atoms with Crippen LogP contribution in [0.3, 0.4) is 0 Å². The van der Waals surface area contributed by atoms with Crippen LogP contribution >= 0.6 is 0 Å². The number of hydrogen-bond acceptors (Lipinski definition) is 4. The number of likely N-dealkylation sites (tertiary alicyclic amines) is 1. The first kappa shape index (κ1) is 20.0. The molecule has 6 nitrogen and oxygen atoms in total. The first-order valence-electron chi connectivity index (χ1n) is 9.90. The number of hydrogen-bond donors (Lipinski definition) is 0. The van der Waals surface area contributed by atoms with E-state index in [2.05, 4.69) is 36.1 Å². The fourth-order valence-corrected chi connectivity index (χ4v) is 3.85. The van der Waals surface area contributed by atoms with Crippen molar-refractivity contribution in [1.82, 2.24) is 9.80 Å². The van der Waals surface area contributed by atoms with Crippen LogP contribution in [0.1, 0.15) is 42.1 Å². The monoisotopic (exact) mass is 381 g/mol. The van der Waals surface area contributed by atoms with E-state index in [0.717, 1.165) is 38.9 Å². The summed E-state index contributed by atoms with van der Waals surface area (Å²) in [5.74, 6) is -0.0386. The van der Waals surface area contributed by atoms with Crippen LogP contribution in [0.15, 0.2) is 54.6 Å². The Hall–Kier alpha value is -2.73. The molecule has 2 aromatic rings. The predicted molar refractivity (Wildman–Crippen MR) is 109 cm³/mol. The van der Waals surface area contributed by atoms with Gasteiger partial charge in [0.15, 0.2) is 0 Å². The van der Waals surface area contributed by atoms with Crippen molar-refractivity contribution in [2.45, 2.75) is 38.8 Å². The molecule has 1 saturated heterocycles. The summed E-state index contributed by atoms with van der Waals surface area (Å²) >= 11 is 0. The van der Waals surface area contributed by atoms with Gasteiger partial charge in [0.2, 0.25) is 0 Å². The molecule has 148 valence electrons. The van der Waals surface area contributed by atoms with E-state index in [1.807, 2.05) is 11.0 Å². The van der Waals surface area contributed by atoms with Crippen molar-refractivity contribution in [3.8, 4) is 0 Å². The smallest absolute Gasteiger partial charge is 0.269 e. The van der Waals surface area contributed by atoms with Gasteiger partial charge < -0.3 is 4.90 Å². The van der Waals surface area contributed by atoms with Gasteiger partial charge in [-0.3, -0.25) is 19.8 Å². The molecule has 0 bridgehead atoms. The maximum atomic E-state index is 13.1. The molecular weight excluding hydrogens is 354 g/mol. The standard InChI is InChI=1S/C22H27N3O3/c1-2-14-24(22(26)19-10-12-20(13-11-19)25(27)28)21-9-6-15-23(17-21)16-18-7-4-3-5-8-18/h3-5,7-8,10-13,21H,2,6,9,14-17H2,1H3. The third-order valence-corrected chi connectivity index (χ3v) is 5.22. The van der Waals surface area contributed by atoms with Gasteiger partial charge in [0, 0.05) is 43.4 Å². The number of non-ortho nitro benzene ring substituents is 1. The van der Waals surface area contributed by atoms with Crippen LogP contribution in [0.5, 0.6) is 0 Å². The Morgan fingerprint density at radius 2 is 1.89 bits per heavy atom. The zero-order valence-electron chi connectivity index (χ0n) is 16.3. The van der Waals surface area contributed by atoms with Crippen molar-refractivity contribution in [2.24, 2.45) is 0 Å². The Kier molecular flexibility index (Phi) is 6.76. The molecular formula is C22H27N3O3. The maximum absolute atomic E-state index is 13.1. The fraction of sp³-hybridized carbons (Fsp3) is 0.409. The highest BCUT2D eigenvalue weighted by atomic mass is 16.6. The van der Waals surface area contributed by atoms with Crippen molar-refractivity contribution in [3.63, 3.8) is 0 Å². The third-order valence-electron chi connectivity index (χ3n) is 5.22. The quantitative estimate of drug-likeness (QED) is 0.535. The van der Waals surface area contributed by atoms with E-state index in [4.69, 9.17) is 0 Å². The van der Waals surface area contributed by atoms with Crippen molar-refractivity contribution < 1.29 is 9.72 Å². The topological polar surface area (TPSA) is 66.7 Å². The number of nitro groups is 1. The van der Waals surface area contributed by atoms with Gasteiger partial charge >= 0.3 is 0 Å². The Morgan fingerprint density at radius 1 is 1.18 bits per heavy atom. The minimum absolute atomic E-state index is 0.00490. The number of amides is 1. The molecule has 1 heterocycles. The number of carbonyl (C=O) groups excluding carboxylic acids is 1. The average molecular weight is 381 g/mol. The molecule has 0 aliphatic carbocycles. The average Bonchev–Trinajstić information content (AvgIpc) is 2.72. The molecule has 1 amide bonds. The molecule has 2 aromatic carbocycles. The van der Waals surface area contributed by atoms with Crippen molar-refractivity contribution >= 4 is 11.6 Å². The lowest BCUT2D eigenvalue weighted by atomic mass is 10.0. The molecule has 0 N–H and O–H groups in total. The Labute approximate surface area is 165 Å². The van der Waals surface area contributed by atoms with Gasteiger partial charge in [0.25, 0.3) is 11.6 Å². The van der Waals surface area contributed by atoms with E-state index in [1.54, 1.807) is 12.1 Å². The zero-order chi connectivity index (χ0) is 19.9. The van der Waals surface area contributed by atoms with E-state index in [0.29, 0.717) is 12.1 Å². The minimum atomic E-state index is -0.444. The van der Waals surface area contributed by atoms with Crippen LogP contribution in [-0.4, -0.2) is 46.3 Å². The van der Waals surface area contributed by atoms with Crippen LogP contribution < -0.4 is 0 Å². The minimum Gasteiger partial charge on any atom is -0.334 e. The molecule has 0 saturated carbocycles. The first-order chi connectivity index (χ1) is 13.6. The molecule has 1 aliphatic heterocycles. The molecule has 28 heavy (non-hydrogen) atoms. The molecule has 6 heteroatoms. The van der Waals surface area contributed by atoms with E-state index in [9.17, 15) is 14.9 Å². The van der Waals surface area contributed by atoms with Crippen LogP contribution in [0.25, 0.3) is 0 Å². The summed E-state index contributed by atoms with van der Waals surface area (Å²) in [7, 11) is 0. The Bertz CT molecular complexity index is 792. The lowest BCUT2D eigenvalue weighted by Crippen LogP contribution is -2.50. The number of rotatable bonds is 7. The summed E-state index contributed by atoms with van der Waals surface area (Å²) in [6.07, 6.45) is 2.93. The Balaban J connectivity index is 1.71. The lowest BCUT2D eigenvalue weighted by Gasteiger charge is -2.39. The van der Waals surface area contributed by atoms with Gasteiger partial charge in [0.05, 0.1) is 4.92 Å². The summed E-state index contributed by atoms with van der Waals surface area (Å²) in [4.78, 5) is 27.9. The molecule has 3 rings (SSSR count). The molecule has 0 spiro atoms. The van der Waals surface area contributed by atoms with Crippen molar-refractivity contribution in [3.05, 3.63) is 75.8 Å². The summed E-state index contributed by atoms with van der Waals surface area (Å²) in [5, 5.41) is 10.9. The summed E-state index contributed by atoms with van der Waals surface area (Å²) in [5.41, 5.74) is 1.80. The summed E-state index contributed by atoms with van der Waals surface area (Å²) in [6.45, 7) is 5.55. The Morgan fingerprint density at radius 3 is 2.54 bits per heavy atom. The molecule has 0 aromatic heterocycles. The SMILES string of the molecule is CCCN(C(=O)c1ccc([N+](=O)[O-])cc1)C1CCCN(Cc2ccccc2)C1. The van der Waals surface area contributed by atoms with Gasteiger partial charge in [-0.05, 0) is 43.5 Å². The first-order valence-corrected chi connectivity index (χ1v) is 9.90. The van der Waals surface area contributed by atoms with Gasteiger partial charge in [-0.2, -0.15) is 0 Å². The fourth-order valence-electron chi connectivity index (χ4n) is 3.85. The van der Waals surface area contributed by atoms with Crippen molar-refractivity contribution in [1.29, 1.82) is 0 Å². The van der Waals surface area contributed by atoms with Crippen LogP contribution in [-0.2, 0) is 6.54 Å². The van der Waals surface area contributed by atoms with Gasteiger partial charge in [-0.15, -0.1) is 0 Å². The largest absolute Gasteiger partial charge is 0.334 e. The zero-order valence-corrected chi connectivity index (χ0v) is 16.3. The van der Waals surface area contributed by atoms with Crippen LogP contribution in [0.2, 0.25) is 0 Å². The second-order valence-electron chi connectivity index (χ2n) is 7.32. The molecule has 1 aliphatic rings. The number of carbonyl (C=O) groups is 1. The van der Waals surface area contributed by atoms with E-state index < -0.39 is 4.92 Å². The van der Waals surface area contributed by atoms with Gasteiger partial charge in [-0.25, -0.2) is 0 Å². The highest BCUT2D eigenvalue weighted by Crippen LogP contribution is 2.21. The van der Waals surface area contributed by atoms with Crippen molar-refractivity contribution in [2.75, 3.05) is 19.6 Å². The molecule has 1 fully saturated rings. The lowest BCUT2D eigenvalue weighted by molar-refractivity contribution is -0.384. The van der Waals surface area contributed by atoms with Gasteiger partial charge in [0.1, 0.15) is 0 Å². The van der Waals surface area contributed by atoms with Crippen LogP contribution in [0, 0.1) is 10.1 Å². The second-order valence-corrected chi connectivity index (χ2v) is 7.32. The third kappa shape index (κ3) is 4.95. The highest BCUT2D eigenvalue weighted by Gasteiger charge is 2.29. The van der Waals surface area contributed by atoms with E-state index >= 15 is 0 Å². The number of piperidine rings is 1. The molecule has 1 atom stereocenters. The highest BCUT2D eigenvalue weighted by molar-refractivity contribution is 5.94. The summed E-state index contributed by atoms with van der Waals surface area (Å²) in [6, 6.07) is 16.5. The van der Waals surface area contributed by atoms with E-state index in [1.165, 1.54) is 17.7 Å². The van der Waals surface area contributed by atoms with Crippen LogP contribution in [0.4, 0.5) is 5.69 Å². The number of nitro benzene ring substituents is 1. The number of nitrogens with zero attached hydrogens (tertiary/aromatic N) is 3. The van der Waals surface area contributed by atoms with E-state index in [-0.39, 0.29) is 17.6 Å². The predicted octanol–water partition coefficient (Wildman–Crippen LogP) is 4.11. The maximum Gasteiger partial charge on any atom is 0.269 e. The summed E-state index contributed by atoms with van der Waals surface area (Å²) < 4.78 is 0. The van der Waals surface area contributed by atoms with Gasteiger partial charge in [-0.1, -0.05) is 37.3 Å². The second kappa shape index (κ2) is 9.46. The normalized spacial score (nSPS) is 17.2.